The number of benzene rings is 1. The van der Waals surface area contributed by atoms with Crippen LogP contribution in [0.1, 0.15) is 25.3 Å². The first-order valence-corrected chi connectivity index (χ1v) is 5.25. The van der Waals surface area contributed by atoms with Crippen LogP contribution in [0.25, 0.3) is 0 Å². The topological polar surface area (TPSA) is 35.5 Å². The van der Waals surface area contributed by atoms with Gasteiger partial charge in [0, 0.05) is 11.5 Å². The summed E-state index contributed by atoms with van der Waals surface area (Å²) in [5.41, 5.74) is 0.542. The van der Waals surface area contributed by atoms with Crippen LogP contribution < -0.4 is 9.47 Å². The van der Waals surface area contributed by atoms with Crippen LogP contribution in [0.4, 0.5) is 8.78 Å². The number of carbonyl (C=O) groups excluding carboxylic acids is 1. The first-order chi connectivity index (χ1) is 8.08. The quantitative estimate of drug-likeness (QED) is 0.721. The number of hydrogen-bond donors (Lipinski definition) is 0. The summed E-state index contributed by atoms with van der Waals surface area (Å²) >= 11 is 0. The van der Waals surface area contributed by atoms with Crippen LogP contribution in [-0.2, 0) is 4.79 Å². The molecule has 0 heterocycles. The fourth-order valence-corrected chi connectivity index (χ4v) is 1.42. The largest absolute Gasteiger partial charge is 0.494 e. The van der Waals surface area contributed by atoms with Gasteiger partial charge in [0.05, 0.1) is 6.61 Å². The van der Waals surface area contributed by atoms with E-state index >= 15 is 0 Å². The van der Waals surface area contributed by atoms with Gasteiger partial charge in [0.1, 0.15) is 17.8 Å². The standard InChI is InChI=1S/C12H14F2O3/c1-3-16-11-5-4-9(17-12(13)14)6-10(11)8(2)7-15/h4-8,12H,3H2,1-2H3. The molecule has 94 valence electrons. The molecular weight excluding hydrogens is 230 g/mol. The average molecular weight is 244 g/mol. The molecule has 3 nitrogen and oxygen atoms in total. The van der Waals surface area contributed by atoms with Crippen molar-refractivity contribution in [2.75, 3.05) is 6.61 Å². The van der Waals surface area contributed by atoms with Crippen molar-refractivity contribution in [3.05, 3.63) is 23.8 Å². The Morgan fingerprint density at radius 2 is 2.12 bits per heavy atom. The van der Waals surface area contributed by atoms with E-state index in [4.69, 9.17) is 4.74 Å². The van der Waals surface area contributed by atoms with E-state index in [1.807, 2.05) is 0 Å². The Bertz CT molecular complexity index is 380. The lowest BCUT2D eigenvalue weighted by Gasteiger charge is -2.14. The zero-order chi connectivity index (χ0) is 12.8. The monoisotopic (exact) mass is 244 g/mol. The van der Waals surface area contributed by atoms with Gasteiger partial charge in [-0.2, -0.15) is 8.78 Å². The highest BCUT2D eigenvalue weighted by Crippen LogP contribution is 2.30. The second-order valence-electron chi connectivity index (χ2n) is 3.44. The highest BCUT2D eigenvalue weighted by atomic mass is 19.3. The van der Waals surface area contributed by atoms with Gasteiger partial charge < -0.3 is 14.3 Å². The van der Waals surface area contributed by atoms with Crippen LogP contribution in [0.2, 0.25) is 0 Å². The van der Waals surface area contributed by atoms with Crippen LogP contribution >= 0.6 is 0 Å². The van der Waals surface area contributed by atoms with Gasteiger partial charge in [0.15, 0.2) is 0 Å². The van der Waals surface area contributed by atoms with Gasteiger partial charge in [-0.1, -0.05) is 6.92 Å². The third-order valence-electron chi connectivity index (χ3n) is 2.20. The zero-order valence-electron chi connectivity index (χ0n) is 9.65. The van der Waals surface area contributed by atoms with Crippen LogP contribution in [-0.4, -0.2) is 19.5 Å². The number of halogens is 2. The third-order valence-corrected chi connectivity index (χ3v) is 2.20. The molecule has 1 atom stereocenters. The molecule has 1 unspecified atom stereocenters. The average Bonchev–Trinajstić information content (AvgIpc) is 2.29. The fourth-order valence-electron chi connectivity index (χ4n) is 1.42. The number of aldehydes is 1. The Kier molecular flexibility index (Phi) is 4.87. The molecule has 0 aromatic heterocycles. The molecule has 0 aliphatic rings. The summed E-state index contributed by atoms with van der Waals surface area (Å²) in [5.74, 6) is 0.0960. The van der Waals surface area contributed by atoms with E-state index in [9.17, 15) is 13.6 Å². The second kappa shape index (κ2) is 6.18. The lowest BCUT2D eigenvalue weighted by Crippen LogP contribution is -2.05. The number of carbonyl (C=O) groups is 1. The van der Waals surface area contributed by atoms with Crippen molar-refractivity contribution < 1.29 is 23.0 Å². The molecule has 0 radical (unpaired) electrons. The van der Waals surface area contributed by atoms with Crippen LogP contribution in [0.3, 0.4) is 0 Å². The molecule has 0 aliphatic carbocycles. The molecular formula is C12H14F2O3. The number of alkyl halides is 2. The van der Waals surface area contributed by atoms with Gasteiger partial charge in [-0.25, -0.2) is 0 Å². The molecule has 0 aliphatic heterocycles. The van der Waals surface area contributed by atoms with Crippen molar-refractivity contribution in [3.63, 3.8) is 0 Å². The SMILES string of the molecule is CCOc1ccc(OC(F)F)cc1C(C)C=O. The smallest absolute Gasteiger partial charge is 0.387 e. The minimum absolute atomic E-state index is 0.0205. The molecule has 5 heteroatoms. The van der Waals surface area contributed by atoms with Gasteiger partial charge in [-0.3, -0.25) is 0 Å². The second-order valence-corrected chi connectivity index (χ2v) is 3.44. The summed E-state index contributed by atoms with van der Waals surface area (Å²) in [6.45, 7) is 1.02. The van der Waals surface area contributed by atoms with E-state index in [2.05, 4.69) is 4.74 Å². The van der Waals surface area contributed by atoms with Crippen LogP contribution in [0.5, 0.6) is 11.5 Å². The number of ether oxygens (including phenoxy) is 2. The van der Waals surface area contributed by atoms with E-state index in [0.29, 0.717) is 17.9 Å². The highest BCUT2D eigenvalue weighted by molar-refractivity contribution is 5.64. The van der Waals surface area contributed by atoms with E-state index in [1.165, 1.54) is 18.2 Å². The maximum absolute atomic E-state index is 12.1. The van der Waals surface area contributed by atoms with Crippen molar-refractivity contribution in [2.24, 2.45) is 0 Å². The predicted molar refractivity (Wildman–Crippen MR) is 58.7 cm³/mol. The van der Waals surface area contributed by atoms with E-state index in [-0.39, 0.29) is 5.75 Å². The van der Waals surface area contributed by atoms with Gasteiger partial charge >= 0.3 is 6.61 Å². The summed E-state index contributed by atoms with van der Waals surface area (Å²) in [6.07, 6.45) is 0.726. The molecule has 1 rings (SSSR count). The number of rotatable bonds is 6. The molecule has 0 fully saturated rings. The summed E-state index contributed by atoms with van der Waals surface area (Å²) < 4.78 is 33.7. The van der Waals surface area contributed by atoms with E-state index in [0.717, 1.165) is 6.29 Å². The molecule has 0 saturated heterocycles. The van der Waals surface area contributed by atoms with Crippen molar-refractivity contribution >= 4 is 6.29 Å². The molecule has 0 spiro atoms. The van der Waals surface area contributed by atoms with Gasteiger partial charge in [0.2, 0.25) is 0 Å². The van der Waals surface area contributed by atoms with Gasteiger partial charge in [0.25, 0.3) is 0 Å². The molecule has 0 N–H and O–H groups in total. The molecule has 1 aromatic rings. The van der Waals surface area contributed by atoms with E-state index in [1.54, 1.807) is 13.8 Å². The molecule has 0 bridgehead atoms. The first-order valence-electron chi connectivity index (χ1n) is 5.25. The van der Waals surface area contributed by atoms with Crippen LogP contribution in [0.15, 0.2) is 18.2 Å². The Balaban J connectivity index is 3.04. The van der Waals surface area contributed by atoms with Gasteiger partial charge in [-0.05, 0) is 25.1 Å². The van der Waals surface area contributed by atoms with Crippen molar-refractivity contribution in [1.82, 2.24) is 0 Å². The Morgan fingerprint density at radius 3 is 2.65 bits per heavy atom. The molecule has 0 amide bonds. The Labute approximate surface area is 98.3 Å². The lowest BCUT2D eigenvalue weighted by atomic mass is 10.0. The Morgan fingerprint density at radius 1 is 1.41 bits per heavy atom. The van der Waals surface area contributed by atoms with Gasteiger partial charge in [-0.15, -0.1) is 0 Å². The Hall–Kier alpha value is -1.65. The normalized spacial score (nSPS) is 12.3. The summed E-state index contributed by atoms with van der Waals surface area (Å²) in [5, 5.41) is 0. The zero-order valence-corrected chi connectivity index (χ0v) is 9.65. The molecule has 1 aromatic carbocycles. The van der Waals surface area contributed by atoms with Crippen molar-refractivity contribution in [1.29, 1.82) is 0 Å². The minimum Gasteiger partial charge on any atom is -0.494 e. The van der Waals surface area contributed by atoms with Crippen molar-refractivity contribution in [2.45, 2.75) is 26.4 Å². The minimum atomic E-state index is -2.88. The molecule has 0 saturated carbocycles. The maximum atomic E-state index is 12.1. The predicted octanol–water partition coefficient (Wildman–Crippen LogP) is 2.99. The third kappa shape index (κ3) is 3.69. The number of hydrogen-bond acceptors (Lipinski definition) is 3. The van der Waals surface area contributed by atoms with Crippen molar-refractivity contribution in [3.8, 4) is 11.5 Å². The first kappa shape index (κ1) is 13.4. The maximum Gasteiger partial charge on any atom is 0.387 e. The summed E-state index contributed by atoms with van der Waals surface area (Å²) in [4.78, 5) is 10.8. The molecule has 17 heavy (non-hydrogen) atoms. The van der Waals surface area contributed by atoms with E-state index < -0.39 is 12.5 Å². The summed E-state index contributed by atoms with van der Waals surface area (Å²) in [6, 6.07) is 4.31. The summed E-state index contributed by atoms with van der Waals surface area (Å²) in [7, 11) is 0. The highest BCUT2D eigenvalue weighted by Gasteiger charge is 2.14. The lowest BCUT2D eigenvalue weighted by molar-refractivity contribution is -0.108. The fraction of sp³-hybridized carbons (Fsp3) is 0.417. The van der Waals surface area contributed by atoms with Crippen LogP contribution in [0, 0.1) is 0 Å².